The van der Waals surface area contributed by atoms with Crippen molar-refractivity contribution >= 4 is 29.2 Å². The van der Waals surface area contributed by atoms with E-state index < -0.39 is 18.1 Å². The van der Waals surface area contributed by atoms with E-state index in [4.69, 9.17) is 9.90 Å². The van der Waals surface area contributed by atoms with Crippen molar-refractivity contribution in [3.05, 3.63) is 95.1 Å². The van der Waals surface area contributed by atoms with Crippen LogP contribution in [0.5, 0.6) is 0 Å². The van der Waals surface area contributed by atoms with Crippen LogP contribution in [-0.2, 0) is 4.79 Å². The molecule has 3 aromatic carbocycles. The van der Waals surface area contributed by atoms with E-state index in [0.717, 1.165) is 25.1 Å². The summed E-state index contributed by atoms with van der Waals surface area (Å²) in [6.07, 6.45) is -4.10. The van der Waals surface area contributed by atoms with Gasteiger partial charge in [-0.3, -0.25) is 4.79 Å². The quantitative estimate of drug-likeness (QED) is 0.411. The normalized spacial score (nSPS) is 14.9. The number of anilines is 2. The number of aromatic carboxylic acids is 1. The Hall–Kier alpha value is -4.34. The number of halogens is 3. The Morgan fingerprint density at radius 3 is 2.14 bits per heavy atom. The molecular weight excluding hydrogens is 489 g/mol. The second-order valence-corrected chi connectivity index (χ2v) is 8.45. The van der Waals surface area contributed by atoms with Crippen LogP contribution >= 0.6 is 0 Å². The number of alkyl halides is 3. The van der Waals surface area contributed by atoms with Gasteiger partial charge in [-0.05, 0) is 48.7 Å². The van der Waals surface area contributed by atoms with Crippen LogP contribution in [0.25, 0.3) is 0 Å². The van der Waals surface area contributed by atoms with Gasteiger partial charge < -0.3 is 20.4 Å². The number of hydrogen-bond donors (Lipinski definition) is 3. The summed E-state index contributed by atoms with van der Waals surface area (Å²) in [6.45, 7) is 3.45. The number of aliphatic carboxylic acids is 1. The van der Waals surface area contributed by atoms with Crippen LogP contribution in [0.15, 0.2) is 72.8 Å². The zero-order valence-electron chi connectivity index (χ0n) is 19.8. The zero-order chi connectivity index (χ0) is 27.2. The third kappa shape index (κ3) is 7.09. The van der Waals surface area contributed by atoms with E-state index >= 15 is 0 Å². The average Bonchev–Trinajstić information content (AvgIpc) is 3.35. The van der Waals surface area contributed by atoms with Gasteiger partial charge in [0.1, 0.15) is 0 Å². The number of benzene rings is 3. The van der Waals surface area contributed by atoms with Crippen LogP contribution in [0, 0.1) is 6.92 Å². The minimum Gasteiger partial charge on any atom is -0.478 e. The Morgan fingerprint density at radius 1 is 0.919 bits per heavy atom. The summed E-state index contributed by atoms with van der Waals surface area (Å²) in [5.41, 5.74) is 4.08. The first kappa shape index (κ1) is 27.3. The molecule has 3 N–H and O–H groups in total. The molecule has 37 heavy (non-hydrogen) atoms. The number of rotatable bonds is 5. The summed E-state index contributed by atoms with van der Waals surface area (Å²) in [5.74, 6) is -3.62. The molecule has 3 aromatic rings. The van der Waals surface area contributed by atoms with Gasteiger partial charge in [-0.25, -0.2) is 9.59 Å². The number of nitrogens with zero attached hydrogens (tertiary/aromatic N) is 1. The molecule has 1 atom stereocenters. The van der Waals surface area contributed by atoms with E-state index in [2.05, 4.69) is 22.3 Å². The number of amides is 1. The fourth-order valence-electron chi connectivity index (χ4n) is 4.06. The molecule has 0 saturated carbocycles. The van der Waals surface area contributed by atoms with Gasteiger partial charge in [0.2, 0.25) is 0 Å². The maximum atomic E-state index is 12.6. The van der Waals surface area contributed by atoms with Crippen molar-refractivity contribution in [2.75, 3.05) is 23.3 Å². The fourth-order valence-corrected chi connectivity index (χ4v) is 4.06. The molecule has 1 heterocycles. The lowest BCUT2D eigenvalue weighted by atomic mass is 9.99. The minimum atomic E-state index is -5.08. The van der Waals surface area contributed by atoms with Crippen molar-refractivity contribution in [1.29, 1.82) is 0 Å². The van der Waals surface area contributed by atoms with Crippen LogP contribution in [0.1, 0.15) is 44.2 Å². The Bertz CT molecular complexity index is 1280. The van der Waals surface area contributed by atoms with Gasteiger partial charge in [-0.15, -0.1) is 0 Å². The van der Waals surface area contributed by atoms with Crippen molar-refractivity contribution in [1.82, 2.24) is 0 Å². The molecule has 4 rings (SSSR count). The molecule has 0 radical (unpaired) electrons. The molecule has 7 nitrogen and oxygen atoms in total. The fraction of sp³-hybridized carbons (Fsp3) is 0.222. The van der Waals surface area contributed by atoms with Crippen molar-refractivity contribution < 1.29 is 37.8 Å². The highest BCUT2D eigenvalue weighted by Gasteiger charge is 2.38. The molecule has 0 bridgehead atoms. The highest BCUT2D eigenvalue weighted by molar-refractivity contribution is 6.06. The van der Waals surface area contributed by atoms with Crippen LogP contribution < -0.4 is 10.2 Å². The summed E-state index contributed by atoms with van der Waals surface area (Å²) in [4.78, 5) is 35.6. The number of carbonyl (C=O) groups is 3. The molecule has 0 aromatic heterocycles. The number of hydrogen-bond acceptors (Lipinski definition) is 4. The minimum absolute atomic E-state index is 0.200. The molecule has 1 amide bonds. The van der Waals surface area contributed by atoms with Crippen molar-refractivity contribution in [2.45, 2.75) is 25.4 Å². The van der Waals surface area contributed by atoms with E-state index in [1.807, 2.05) is 43.3 Å². The highest BCUT2D eigenvalue weighted by atomic mass is 19.4. The molecule has 0 aliphatic carbocycles. The first-order valence-electron chi connectivity index (χ1n) is 11.3. The Morgan fingerprint density at radius 2 is 1.54 bits per heavy atom. The summed E-state index contributed by atoms with van der Waals surface area (Å²) in [5, 5.41) is 19.7. The molecule has 1 unspecified atom stereocenters. The molecule has 1 aliphatic rings. The van der Waals surface area contributed by atoms with Crippen LogP contribution in [0.3, 0.4) is 0 Å². The summed E-state index contributed by atoms with van der Waals surface area (Å²) in [7, 11) is 0. The van der Waals surface area contributed by atoms with E-state index in [9.17, 15) is 27.9 Å². The second kappa shape index (κ2) is 11.6. The molecule has 194 valence electrons. The van der Waals surface area contributed by atoms with Crippen molar-refractivity contribution in [3.63, 3.8) is 0 Å². The van der Waals surface area contributed by atoms with Gasteiger partial charge in [0.25, 0.3) is 5.91 Å². The lowest BCUT2D eigenvalue weighted by Crippen LogP contribution is -2.22. The van der Waals surface area contributed by atoms with Gasteiger partial charge in [-0.1, -0.05) is 48.5 Å². The number of carboxylic acids is 2. The van der Waals surface area contributed by atoms with Crippen molar-refractivity contribution in [3.8, 4) is 0 Å². The van der Waals surface area contributed by atoms with E-state index in [-0.39, 0.29) is 11.5 Å². The van der Waals surface area contributed by atoms with Gasteiger partial charge in [0.05, 0.1) is 11.3 Å². The second-order valence-electron chi connectivity index (χ2n) is 8.45. The molecule has 0 spiro atoms. The predicted molar refractivity (Wildman–Crippen MR) is 132 cm³/mol. The van der Waals surface area contributed by atoms with Crippen LogP contribution in [0.4, 0.5) is 24.5 Å². The SMILES string of the molecule is Cc1ccccc1C(=O)Nc1ccc(N2CCC(c3ccccc3)C2)c(C(=O)O)c1.O=C(O)C(F)(F)F. The molecule has 10 heteroatoms. The lowest BCUT2D eigenvalue weighted by molar-refractivity contribution is -0.192. The topological polar surface area (TPSA) is 107 Å². The van der Waals surface area contributed by atoms with Gasteiger partial charge in [0.15, 0.2) is 0 Å². The Kier molecular flexibility index (Phi) is 8.54. The first-order valence-corrected chi connectivity index (χ1v) is 11.3. The van der Waals surface area contributed by atoms with E-state index in [1.54, 1.807) is 24.3 Å². The lowest BCUT2D eigenvalue weighted by Gasteiger charge is -2.22. The molecule has 1 aliphatic heterocycles. The summed E-state index contributed by atoms with van der Waals surface area (Å²) >= 11 is 0. The zero-order valence-corrected chi connectivity index (χ0v) is 19.8. The third-order valence-electron chi connectivity index (χ3n) is 5.92. The summed E-state index contributed by atoms with van der Waals surface area (Å²) < 4.78 is 31.7. The average molecular weight is 515 g/mol. The first-order chi connectivity index (χ1) is 17.5. The molecule has 1 fully saturated rings. The largest absolute Gasteiger partial charge is 0.490 e. The van der Waals surface area contributed by atoms with Gasteiger partial charge >= 0.3 is 18.1 Å². The standard InChI is InChI=1S/C25H24N2O3.C2HF3O2/c1-17-7-5-6-10-21(17)24(28)26-20-11-12-23(22(15-20)25(29)30)27-14-13-19(16-27)18-8-3-2-4-9-18;3-2(4,5)1(6)7/h2-12,15,19H,13-14,16H2,1H3,(H,26,28)(H,29,30);(H,6,7). The maximum Gasteiger partial charge on any atom is 0.490 e. The summed E-state index contributed by atoms with van der Waals surface area (Å²) in [6, 6.07) is 22.7. The van der Waals surface area contributed by atoms with Crippen LogP contribution in [-0.4, -0.2) is 47.3 Å². The Balaban J connectivity index is 0.000000479. The molecule has 1 saturated heterocycles. The predicted octanol–water partition coefficient (Wildman–Crippen LogP) is 5.57. The van der Waals surface area contributed by atoms with Crippen molar-refractivity contribution in [2.24, 2.45) is 0 Å². The Labute approximate surface area is 211 Å². The van der Waals surface area contributed by atoms with Gasteiger partial charge in [0, 0.05) is 30.3 Å². The van der Waals surface area contributed by atoms with Gasteiger partial charge in [-0.2, -0.15) is 13.2 Å². The maximum absolute atomic E-state index is 12.6. The smallest absolute Gasteiger partial charge is 0.478 e. The molecular formula is C27H25F3N2O5. The van der Waals surface area contributed by atoms with Crippen LogP contribution in [0.2, 0.25) is 0 Å². The monoisotopic (exact) mass is 514 g/mol. The number of nitrogens with one attached hydrogen (secondary N) is 1. The number of carbonyl (C=O) groups excluding carboxylic acids is 1. The van der Waals surface area contributed by atoms with E-state index in [0.29, 0.717) is 22.9 Å². The van der Waals surface area contributed by atoms with E-state index in [1.165, 1.54) is 5.56 Å². The number of carboxylic acid groups (broad SMARTS) is 2. The number of aryl methyl sites for hydroxylation is 1. The highest BCUT2D eigenvalue weighted by Crippen LogP contribution is 2.33. The third-order valence-corrected chi connectivity index (χ3v) is 5.92.